The maximum atomic E-state index is 10.8. The normalized spacial score (nSPS) is 13.5. The van der Waals surface area contributed by atoms with E-state index >= 15 is 0 Å². The van der Waals surface area contributed by atoms with Gasteiger partial charge in [-0.3, -0.25) is 0 Å². The summed E-state index contributed by atoms with van der Waals surface area (Å²) in [5.41, 5.74) is 2.48. The molecule has 0 aliphatic carbocycles. The van der Waals surface area contributed by atoms with Crippen LogP contribution in [0.3, 0.4) is 0 Å². The molecule has 2 aromatic rings. The van der Waals surface area contributed by atoms with E-state index in [1.807, 2.05) is 49.4 Å². The van der Waals surface area contributed by atoms with E-state index in [0.717, 1.165) is 17.6 Å². The molecule has 0 radical (unpaired) electrons. The summed E-state index contributed by atoms with van der Waals surface area (Å²) in [4.78, 5) is 2.31. The van der Waals surface area contributed by atoms with Gasteiger partial charge in [0.1, 0.15) is 0 Å². The summed E-state index contributed by atoms with van der Waals surface area (Å²) >= 11 is 3.26. The van der Waals surface area contributed by atoms with Crippen molar-refractivity contribution in [1.29, 1.82) is 0 Å². The van der Waals surface area contributed by atoms with Gasteiger partial charge in [-0.15, -0.1) is 0 Å². The molecule has 146 valence electrons. The second-order valence-corrected chi connectivity index (χ2v) is 7.58. The number of allylic oxidation sites excluding steroid dienone is 4. The fraction of sp³-hybridized carbons (Fsp3) is 0.240. The van der Waals surface area contributed by atoms with Gasteiger partial charge in [-0.1, -0.05) is 0 Å². The minimum atomic E-state index is -0.584. The molecule has 0 fully saturated rings. The molecule has 0 amide bonds. The molecular weight excluding hydrogens is 409 g/mol. The molecule has 3 heteroatoms. The van der Waals surface area contributed by atoms with Gasteiger partial charge in [0.2, 0.25) is 0 Å². The van der Waals surface area contributed by atoms with Gasteiger partial charge in [0.15, 0.2) is 0 Å². The average Bonchev–Trinajstić information content (AvgIpc) is 2.72. The van der Waals surface area contributed by atoms with E-state index in [1.54, 1.807) is 0 Å². The van der Waals surface area contributed by atoms with Crippen LogP contribution in [0, 0.1) is 5.92 Å². The van der Waals surface area contributed by atoms with Crippen molar-refractivity contribution in [3.8, 4) is 0 Å². The van der Waals surface area contributed by atoms with E-state index in [1.165, 1.54) is 11.1 Å². The summed E-state index contributed by atoms with van der Waals surface area (Å²) in [6.45, 7) is 7.41. The van der Waals surface area contributed by atoms with Gasteiger partial charge in [0.05, 0.1) is 0 Å². The molecule has 0 heterocycles. The number of hydrogen-bond acceptors (Lipinski definition) is 2. The first-order chi connectivity index (χ1) is 13.7. The molecule has 0 aliphatic rings. The zero-order valence-electron chi connectivity index (χ0n) is 16.4. The maximum absolute atomic E-state index is 10.8. The fourth-order valence-electron chi connectivity index (χ4n) is 3.04. The van der Waals surface area contributed by atoms with Crippen molar-refractivity contribution in [1.82, 2.24) is 4.90 Å². The summed E-state index contributed by atoms with van der Waals surface area (Å²) in [7, 11) is 0. The second kappa shape index (κ2) is 12.3. The molecule has 0 bridgehead atoms. The van der Waals surface area contributed by atoms with Crippen molar-refractivity contribution in [2.45, 2.75) is 32.5 Å². The third-order valence-electron chi connectivity index (χ3n) is 4.51. The third kappa shape index (κ3) is 7.09. The van der Waals surface area contributed by atoms with Crippen LogP contribution < -0.4 is 0 Å². The molecule has 0 aliphatic heterocycles. The van der Waals surface area contributed by atoms with E-state index in [9.17, 15) is 5.11 Å². The van der Waals surface area contributed by atoms with Crippen molar-refractivity contribution < 1.29 is 5.11 Å². The molecule has 2 nitrogen and oxygen atoms in total. The molecule has 2 atom stereocenters. The topological polar surface area (TPSA) is 23.5 Å². The van der Waals surface area contributed by atoms with Crippen LogP contribution in [-0.4, -0.2) is 36.2 Å². The molecule has 0 saturated carbocycles. The van der Waals surface area contributed by atoms with Crippen LogP contribution in [-0.2, 0) is 13.1 Å². The van der Waals surface area contributed by atoms with Crippen LogP contribution >= 0.6 is 0 Å². The summed E-state index contributed by atoms with van der Waals surface area (Å²) in [6.07, 6.45) is 9.60. The molecule has 2 aromatic carbocycles. The van der Waals surface area contributed by atoms with Crippen molar-refractivity contribution >= 4 is 20.1 Å². The molecule has 0 unspecified atom stereocenters. The quantitative estimate of drug-likeness (QED) is 0.313. The Kier molecular flexibility index (Phi) is 9.71. The Labute approximate surface area is 177 Å². The minimum absolute atomic E-state index is 0.0635. The summed E-state index contributed by atoms with van der Waals surface area (Å²) in [5.74, 6) is -0.0635. The third-order valence-corrected chi connectivity index (χ3v) is 5.68. The number of aliphatic hydroxyl groups is 1. The summed E-state index contributed by atoms with van der Waals surface area (Å²) in [6, 6.07) is 20.8. The molecule has 0 aromatic heterocycles. The van der Waals surface area contributed by atoms with E-state index in [4.69, 9.17) is 0 Å². The number of benzene rings is 2. The van der Waals surface area contributed by atoms with Crippen LogP contribution in [0.25, 0.3) is 0 Å². The first-order valence-electron chi connectivity index (χ1n) is 9.60. The van der Waals surface area contributed by atoms with Crippen LogP contribution in [0.5, 0.6) is 0 Å². The van der Waals surface area contributed by atoms with E-state index in [2.05, 4.69) is 75.6 Å². The van der Waals surface area contributed by atoms with Crippen molar-refractivity contribution in [2.24, 2.45) is 5.92 Å². The predicted octanol–water partition coefficient (Wildman–Crippen LogP) is 4.67. The molecule has 2 rings (SSSR count). The Bertz CT molecular complexity index is 741. The number of hydrogen-bond donors (Lipinski definition) is 1. The van der Waals surface area contributed by atoms with Gasteiger partial charge in [-0.05, 0) is 0 Å². The Hall–Kier alpha value is -2.19. The standard InChI is InChI=1S/C25H29NOSe/c1-3-5-8-18-24(27)23(13-4-2)25(28)26(19-21-14-9-6-10-15-21)20-22-16-11-7-12-17-22/h3-12,14-18,23-24,27H,2,13,19-20H2,1H3/b5-3+,18-8+/t23-,24+/m1/s1. The van der Waals surface area contributed by atoms with Crippen LogP contribution in [0.15, 0.2) is 97.6 Å². The summed E-state index contributed by atoms with van der Waals surface area (Å²) in [5, 5.41) is 10.8. The van der Waals surface area contributed by atoms with Gasteiger partial charge in [0, 0.05) is 0 Å². The van der Waals surface area contributed by atoms with Crippen LogP contribution in [0.4, 0.5) is 0 Å². The first-order valence-corrected chi connectivity index (χ1v) is 10.5. The van der Waals surface area contributed by atoms with Gasteiger partial charge < -0.3 is 0 Å². The van der Waals surface area contributed by atoms with E-state index < -0.39 is 6.10 Å². The van der Waals surface area contributed by atoms with Gasteiger partial charge in [0.25, 0.3) is 0 Å². The number of rotatable bonds is 11. The molecular formula is C25H29NOSe. The monoisotopic (exact) mass is 439 g/mol. The Morgan fingerprint density at radius 3 is 2.00 bits per heavy atom. The Balaban J connectivity index is 2.26. The second-order valence-electron chi connectivity index (χ2n) is 6.70. The zero-order chi connectivity index (χ0) is 20.2. The van der Waals surface area contributed by atoms with Gasteiger partial charge in [-0.2, -0.15) is 0 Å². The Morgan fingerprint density at radius 2 is 1.54 bits per heavy atom. The fourth-order valence-corrected chi connectivity index (χ4v) is 3.81. The van der Waals surface area contributed by atoms with Crippen molar-refractivity contribution in [2.75, 3.05) is 0 Å². The molecule has 1 N–H and O–H groups in total. The number of nitrogens with zero attached hydrogens (tertiary/aromatic N) is 1. The van der Waals surface area contributed by atoms with Gasteiger partial charge in [-0.25, -0.2) is 0 Å². The predicted molar refractivity (Wildman–Crippen MR) is 121 cm³/mol. The van der Waals surface area contributed by atoms with Crippen LogP contribution in [0.1, 0.15) is 24.5 Å². The zero-order valence-corrected chi connectivity index (χ0v) is 18.2. The number of aliphatic hydroxyl groups excluding tert-OH is 1. The summed E-state index contributed by atoms with van der Waals surface area (Å²) < 4.78 is 1.05. The Morgan fingerprint density at radius 1 is 1.00 bits per heavy atom. The van der Waals surface area contributed by atoms with Gasteiger partial charge >= 0.3 is 177 Å². The molecule has 0 saturated heterocycles. The van der Waals surface area contributed by atoms with E-state index in [-0.39, 0.29) is 5.92 Å². The van der Waals surface area contributed by atoms with Crippen LogP contribution in [0.2, 0.25) is 0 Å². The van der Waals surface area contributed by atoms with E-state index in [0.29, 0.717) is 6.42 Å². The molecule has 28 heavy (non-hydrogen) atoms. The first kappa shape index (κ1) is 22.1. The molecule has 0 spiro atoms. The van der Waals surface area contributed by atoms with Crippen molar-refractivity contribution in [3.05, 3.63) is 109 Å². The SMILES string of the molecule is C=CC[C@@H](C(=[Se])N(Cc1ccccc1)Cc1ccccc1)[C@@H](O)/C=C/C=C/C. The van der Waals surface area contributed by atoms with Crippen molar-refractivity contribution in [3.63, 3.8) is 0 Å². The average molecular weight is 438 g/mol.